The zero-order valence-corrected chi connectivity index (χ0v) is 12.2. The van der Waals surface area contributed by atoms with Gasteiger partial charge in [-0.25, -0.2) is 8.42 Å². The molecule has 1 N–H and O–H groups in total. The van der Waals surface area contributed by atoms with Crippen LogP contribution in [0.4, 0.5) is 13.2 Å². The van der Waals surface area contributed by atoms with Gasteiger partial charge in [0.15, 0.2) is 0 Å². The summed E-state index contributed by atoms with van der Waals surface area (Å²) in [4.78, 5) is 14.5. The maximum atomic E-state index is 12.9. The van der Waals surface area contributed by atoms with Crippen LogP contribution >= 0.6 is 0 Å². The number of nitrogens with zero attached hydrogens (tertiary/aromatic N) is 2. The maximum absolute atomic E-state index is 12.9. The first-order valence-corrected chi connectivity index (χ1v) is 7.70. The van der Waals surface area contributed by atoms with Gasteiger partial charge in [-0.2, -0.15) is 17.5 Å². The number of pyridine rings is 1. The fourth-order valence-corrected chi connectivity index (χ4v) is 3.74. The summed E-state index contributed by atoms with van der Waals surface area (Å²) >= 11 is 0. The summed E-state index contributed by atoms with van der Waals surface area (Å²) in [6, 6.07) is 2.65. The number of alkyl halides is 3. The van der Waals surface area contributed by atoms with Crippen molar-refractivity contribution in [2.24, 2.45) is 11.8 Å². The molecule has 1 saturated heterocycles. The highest BCUT2D eigenvalue weighted by Crippen LogP contribution is 2.39. The Morgan fingerprint density at radius 1 is 1.36 bits per heavy atom. The van der Waals surface area contributed by atoms with Crippen LogP contribution in [-0.2, 0) is 14.8 Å². The van der Waals surface area contributed by atoms with Crippen LogP contribution < -0.4 is 0 Å². The van der Waals surface area contributed by atoms with Crippen LogP contribution in [0, 0.1) is 18.8 Å². The van der Waals surface area contributed by atoms with Crippen molar-refractivity contribution in [2.75, 3.05) is 13.1 Å². The molecule has 2 atom stereocenters. The molecule has 1 aromatic rings. The Labute approximate surface area is 124 Å². The van der Waals surface area contributed by atoms with Gasteiger partial charge in [0.05, 0.1) is 11.8 Å². The van der Waals surface area contributed by atoms with E-state index in [0.717, 1.165) is 6.20 Å². The van der Waals surface area contributed by atoms with E-state index in [9.17, 15) is 26.4 Å². The number of halogens is 3. The quantitative estimate of drug-likeness (QED) is 0.897. The van der Waals surface area contributed by atoms with E-state index >= 15 is 0 Å². The number of carbonyl (C=O) groups is 1. The van der Waals surface area contributed by atoms with Gasteiger partial charge < -0.3 is 5.11 Å². The molecule has 0 radical (unpaired) electrons. The lowest BCUT2D eigenvalue weighted by atomic mass is 9.96. The van der Waals surface area contributed by atoms with E-state index in [0.29, 0.717) is 10.00 Å². The summed E-state index contributed by atoms with van der Waals surface area (Å²) in [7, 11) is -4.21. The normalized spacial score (nSPS) is 23.6. The fourth-order valence-electron chi connectivity index (χ4n) is 2.30. The molecule has 0 amide bonds. The highest BCUT2D eigenvalue weighted by molar-refractivity contribution is 7.89. The molecule has 6 nitrogen and oxygen atoms in total. The second-order valence-electron chi connectivity index (χ2n) is 5.05. The topological polar surface area (TPSA) is 87.6 Å². The Kier molecular flexibility index (Phi) is 4.18. The molecule has 2 heterocycles. The number of aliphatic carboxylic acids is 1. The molecule has 0 spiro atoms. The van der Waals surface area contributed by atoms with E-state index in [4.69, 9.17) is 5.11 Å². The Balaban J connectivity index is 2.33. The van der Waals surface area contributed by atoms with Gasteiger partial charge in [-0.15, -0.1) is 0 Å². The Bertz CT molecular complexity index is 673. The van der Waals surface area contributed by atoms with E-state index in [1.165, 1.54) is 12.1 Å². The van der Waals surface area contributed by atoms with Crippen LogP contribution in [0.5, 0.6) is 0 Å². The molecule has 1 aliphatic rings. The van der Waals surface area contributed by atoms with Crippen LogP contribution in [0.15, 0.2) is 23.2 Å². The molecule has 0 saturated carbocycles. The zero-order chi connectivity index (χ0) is 16.7. The third-order valence-electron chi connectivity index (χ3n) is 3.55. The number of aromatic nitrogens is 1. The van der Waals surface area contributed by atoms with Crippen molar-refractivity contribution in [2.45, 2.75) is 18.0 Å². The number of hydrogen-bond donors (Lipinski definition) is 1. The molecule has 0 bridgehead atoms. The average Bonchev–Trinajstić information content (AvgIpc) is 2.85. The van der Waals surface area contributed by atoms with E-state index in [2.05, 4.69) is 4.98 Å². The van der Waals surface area contributed by atoms with Gasteiger partial charge in [-0.1, -0.05) is 0 Å². The molecule has 0 aliphatic carbocycles. The van der Waals surface area contributed by atoms with Crippen LogP contribution in [0.3, 0.4) is 0 Å². The van der Waals surface area contributed by atoms with Crippen LogP contribution in [0.1, 0.15) is 5.69 Å². The van der Waals surface area contributed by atoms with Crippen molar-refractivity contribution in [1.29, 1.82) is 0 Å². The Morgan fingerprint density at radius 3 is 2.41 bits per heavy atom. The molecule has 0 unspecified atom stereocenters. The van der Waals surface area contributed by atoms with Crippen LogP contribution in [0.2, 0.25) is 0 Å². The highest BCUT2D eigenvalue weighted by atomic mass is 32.2. The fraction of sp³-hybridized carbons (Fsp3) is 0.500. The van der Waals surface area contributed by atoms with Gasteiger partial charge in [-0.3, -0.25) is 9.78 Å². The number of hydrogen-bond acceptors (Lipinski definition) is 4. The monoisotopic (exact) mass is 338 g/mol. The van der Waals surface area contributed by atoms with E-state index in [-0.39, 0.29) is 4.90 Å². The molecule has 10 heteroatoms. The summed E-state index contributed by atoms with van der Waals surface area (Å²) in [5.41, 5.74) is 0.553. The van der Waals surface area contributed by atoms with Crippen molar-refractivity contribution >= 4 is 16.0 Å². The first-order valence-electron chi connectivity index (χ1n) is 6.26. The van der Waals surface area contributed by atoms with Gasteiger partial charge in [0.1, 0.15) is 4.90 Å². The minimum absolute atomic E-state index is 0.259. The highest BCUT2D eigenvalue weighted by Gasteiger charge is 2.54. The Morgan fingerprint density at radius 2 is 2.00 bits per heavy atom. The van der Waals surface area contributed by atoms with Gasteiger partial charge in [0, 0.05) is 25.0 Å². The minimum Gasteiger partial charge on any atom is -0.481 e. The molecular weight excluding hydrogens is 325 g/mol. The molecule has 2 rings (SSSR count). The molecule has 0 aromatic carbocycles. The first kappa shape index (κ1) is 16.7. The average molecular weight is 338 g/mol. The number of sulfonamides is 1. The molecule has 1 aromatic heterocycles. The lowest BCUT2D eigenvalue weighted by Crippen LogP contribution is -2.34. The molecular formula is C12H13F3N2O4S. The van der Waals surface area contributed by atoms with Crippen molar-refractivity contribution in [3.05, 3.63) is 24.0 Å². The van der Waals surface area contributed by atoms with Crippen LogP contribution in [-0.4, -0.2) is 48.0 Å². The van der Waals surface area contributed by atoms with E-state index in [1.54, 1.807) is 6.92 Å². The summed E-state index contributed by atoms with van der Waals surface area (Å²) in [5.74, 6) is -5.70. The number of carboxylic acid groups (broad SMARTS) is 1. The second kappa shape index (κ2) is 5.51. The Hall–Kier alpha value is -1.68. The number of aryl methyl sites for hydroxylation is 1. The lowest BCUT2D eigenvalue weighted by Gasteiger charge is -2.18. The third-order valence-corrected chi connectivity index (χ3v) is 5.36. The maximum Gasteiger partial charge on any atom is 0.393 e. The smallest absolute Gasteiger partial charge is 0.393 e. The number of rotatable bonds is 3. The summed E-state index contributed by atoms with van der Waals surface area (Å²) in [5, 5.41) is 8.90. The second-order valence-corrected chi connectivity index (χ2v) is 6.99. The van der Waals surface area contributed by atoms with Gasteiger partial charge in [-0.05, 0) is 19.1 Å². The standard InChI is InChI=1S/C12H13F3N2O4S/c1-7-2-3-8(4-16-7)22(20,21)17-5-9(11(18)19)10(6-17)12(13,14)15/h2-4,9-10H,5-6H2,1H3,(H,18,19)/t9-,10-/m1/s1. The van der Waals surface area contributed by atoms with Gasteiger partial charge in [0.25, 0.3) is 0 Å². The molecule has 1 aliphatic heterocycles. The summed E-state index contributed by atoms with van der Waals surface area (Å²) < 4.78 is 63.8. The number of carboxylic acids is 1. The van der Waals surface area contributed by atoms with Gasteiger partial charge in [0.2, 0.25) is 10.0 Å². The summed E-state index contributed by atoms with van der Waals surface area (Å²) in [6.45, 7) is 0.0127. The zero-order valence-electron chi connectivity index (χ0n) is 11.4. The molecule has 122 valence electrons. The molecule has 22 heavy (non-hydrogen) atoms. The van der Waals surface area contributed by atoms with Crippen LogP contribution in [0.25, 0.3) is 0 Å². The van der Waals surface area contributed by atoms with Crippen molar-refractivity contribution in [3.8, 4) is 0 Å². The van der Waals surface area contributed by atoms with Crippen molar-refractivity contribution in [1.82, 2.24) is 9.29 Å². The van der Waals surface area contributed by atoms with Gasteiger partial charge >= 0.3 is 12.1 Å². The predicted molar refractivity (Wildman–Crippen MR) is 68.4 cm³/mol. The largest absolute Gasteiger partial charge is 0.481 e. The molecule has 1 fully saturated rings. The van der Waals surface area contributed by atoms with Crippen molar-refractivity contribution in [3.63, 3.8) is 0 Å². The third kappa shape index (κ3) is 3.07. The lowest BCUT2D eigenvalue weighted by molar-refractivity contribution is -0.187. The first-order chi connectivity index (χ1) is 10.0. The summed E-state index contributed by atoms with van der Waals surface area (Å²) in [6.07, 6.45) is -3.74. The SMILES string of the molecule is Cc1ccc(S(=O)(=O)N2C[C@@H](C(F)(F)F)[C@H](C(=O)O)C2)cn1. The van der Waals surface area contributed by atoms with Crippen molar-refractivity contribution < 1.29 is 31.5 Å². The predicted octanol–water partition coefficient (Wildman–Crippen LogP) is 1.27. The van der Waals surface area contributed by atoms with E-state index in [1.807, 2.05) is 0 Å². The minimum atomic E-state index is -4.78. The van der Waals surface area contributed by atoms with E-state index < -0.39 is 47.1 Å².